The first-order valence-corrected chi connectivity index (χ1v) is 7.11. The second-order valence-electron chi connectivity index (χ2n) is 4.03. The van der Waals surface area contributed by atoms with E-state index in [0.717, 1.165) is 17.4 Å². The van der Waals surface area contributed by atoms with E-state index in [1.165, 1.54) is 19.2 Å². The zero-order chi connectivity index (χ0) is 16.3. The summed E-state index contributed by atoms with van der Waals surface area (Å²) < 4.78 is 4.60. The van der Waals surface area contributed by atoms with Gasteiger partial charge in [-0.2, -0.15) is 0 Å². The number of carbonyl (C=O) groups is 2. The van der Waals surface area contributed by atoms with Crippen molar-refractivity contribution in [2.75, 3.05) is 12.4 Å². The molecule has 0 fully saturated rings. The summed E-state index contributed by atoms with van der Waals surface area (Å²) in [5, 5.41) is 14.9. The van der Waals surface area contributed by atoms with Crippen molar-refractivity contribution in [2.24, 2.45) is 0 Å². The highest BCUT2D eigenvalue weighted by molar-refractivity contribution is 7.12. The van der Waals surface area contributed by atoms with Gasteiger partial charge in [0.15, 0.2) is 0 Å². The van der Waals surface area contributed by atoms with Crippen molar-refractivity contribution in [3.8, 4) is 0 Å². The summed E-state index contributed by atoms with van der Waals surface area (Å²) in [6.45, 7) is 0. The number of halogens is 1. The van der Waals surface area contributed by atoms with Crippen LogP contribution < -0.4 is 5.32 Å². The largest absolute Gasteiger partial charge is 0.465 e. The van der Waals surface area contributed by atoms with Crippen LogP contribution in [0.25, 0.3) is 0 Å². The number of anilines is 1. The summed E-state index contributed by atoms with van der Waals surface area (Å²) in [7, 11) is 1.23. The number of nitrogens with one attached hydrogen (secondary N) is 1. The minimum absolute atomic E-state index is 0.0538. The molecule has 22 heavy (non-hydrogen) atoms. The van der Waals surface area contributed by atoms with Crippen LogP contribution in [0, 0.1) is 10.1 Å². The van der Waals surface area contributed by atoms with Crippen molar-refractivity contribution in [3.63, 3.8) is 0 Å². The van der Waals surface area contributed by atoms with Crippen molar-refractivity contribution in [3.05, 3.63) is 55.2 Å². The fourth-order valence-electron chi connectivity index (χ4n) is 1.65. The van der Waals surface area contributed by atoms with Crippen LogP contribution in [0.3, 0.4) is 0 Å². The highest BCUT2D eigenvalue weighted by atomic mass is 35.5. The molecule has 114 valence electrons. The van der Waals surface area contributed by atoms with Gasteiger partial charge in [0, 0.05) is 11.6 Å². The number of thiophene rings is 1. The topological polar surface area (TPSA) is 98.5 Å². The number of esters is 1. The molecule has 0 saturated heterocycles. The minimum Gasteiger partial charge on any atom is -0.465 e. The fourth-order valence-corrected chi connectivity index (χ4v) is 2.60. The van der Waals surface area contributed by atoms with E-state index in [2.05, 4.69) is 10.1 Å². The van der Waals surface area contributed by atoms with Gasteiger partial charge in [0.05, 0.1) is 17.7 Å². The van der Waals surface area contributed by atoms with Gasteiger partial charge >= 0.3 is 5.97 Å². The summed E-state index contributed by atoms with van der Waals surface area (Å²) in [5.41, 5.74) is -0.0367. The minimum atomic E-state index is -0.677. The third-order valence-corrected chi connectivity index (χ3v) is 3.90. The van der Waals surface area contributed by atoms with Crippen LogP contribution in [-0.2, 0) is 4.74 Å². The molecule has 7 nitrogen and oxygen atoms in total. The fraction of sp³-hybridized carbons (Fsp3) is 0.0769. The highest BCUT2D eigenvalue weighted by Gasteiger charge is 2.19. The molecule has 2 aromatic rings. The number of hydrogen-bond donors (Lipinski definition) is 1. The molecule has 1 N–H and O–H groups in total. The van der Waals surface area contributed by atoms with E-state index in [1.54, 1.807) is 11.4 Å². The highest BCUT2D eigenvalue weighted by Crippen LogP contribution is 2.27. The standard InChI is InChI=1S/C13H9ClN2O5S/c1-21-13(18)11-9(4-5-22-11)15-12(17)7-2-3-8(14)10(6-7)16(19)20/h2-6H,1H3,(H,15,17). The molecule has 9 heteroatoms. The first-order valence-electron chi connectivity index (χ1n) is 5.85. The predicted octanol–water partition coefficient (Wildman–Crippen LogP) is 3.35. The van der Waals surface area contributed by atoms with Gasteiger partial charge in [0.25, 0.3) is 11.6 Å². The number of nitro benzene ring substituents is 1. The molecule has 0 spiro atoms. The molecule has 1 aromatic heterocycles. The van der Waals surface area contributed by atoms with E-state index in [0.29, 0.717) is 0 Å². The van der Waals surface area contributed by atoms with Crippen LogP contribution in [0.15, 0.2) is 29.6 Å². The van der Waals surface area contributed by atoms with Crippen molar-refractivity contribution < 1.29 is 19.2 Å². The predicted molar refractivity (Wildman–Crippen MR) is 81.7 cm³/mol. The molecular formula is C13H9ClN2O5S. The number of carbonyl (C=O) groups excluding carboxylic acids is 2. The van der Waals surface area contributed by atoms with Crippen LogP contribution in [0.5, 0.6) is 0 Å². The van der Waals surface area contributed by atoms with Gasteiger partial charge in [0.2, 0.25) is 0 Å². The number of hydrogen-bond acceptors (Lipinski definition) is 6. The van der Waals surface area contributed by atoms with E-state index in [9.17, 15) is 19.7 Å². The first kappa shape index (κ1) is 15.9. The summed E-state index contributed by atoms with van der Waals surface area (Å²) in [4.78, 5) is 34.1. The molecule has 1 heterocycles. The Labute approximate surface area is 133 Å². The van der Waals surface area contributed by atoms with Crippen molar-refractivity contribution >= 4 is 46.2 Å². The molecular weight excluding hydrogens is 332 g/mol. The number of nitrogens with zero attached hydrogens (tertiary/aromatic N) is 1. The number of benzene rings is 1. The second kappa shape index (κ2) is 6.54. The van der Waals surface area contributed by atoms with Crippen molar-refractivity contribution in [1.82, 2.24) is 0 Å². The number of amides is 1. The van der Waals surface area contributed by atoms with Gasteiger partial charge in [-0.25, -0.2) is 4.79 Å². The maximum atomic E-state index is 12.1. The Balaban J connectivity index is 2.27. The lowest BCUT2D eigenvalue weighted by Gasteiger charge is -2.06. The first-order chi connectivity index (χ1) is 10.4. The van der Waals surface area contributed by atoms with E-state index in [4.69, 9.17) is 11.6 Å². The third kappa shape index (κ3) is 3.23. The molecule has 0 aliphatic rings. The van der Waals surface area contributed by atoms with Crippen LogP contribution in [-0.4, -0.2) is 23.9 Å². The SMILES string of the molecule is COC(=O)c1sccc1NC(=O)c1ccc(Cl)c([N+](=O)[O-])c1. The Bertz CT molecular complexity index is 759. The third-order valence-electron chi connectivity index (χ3n) is 2.69. The Morgan fingerprint density at radius 1 is 1.36 bits per heavy atom. The molecule has 0 unspecified atom stereocenters. The monoisotopic (exact) mass is 340 g/mol. The molecule has 0 atom stereocenters. The Hall–Kier alpha value is -2.45. The Kier molecular flexibility index (Phi) is 4.74. The number of nitro groups is 1. The molecule has 2 rings (SSSR count). The van der Waals surface area contributed by atoms with Crippen molar-refractivity contribution in [1.29, 1.82) is 0 Å². The molecule has 1 amide bonds. The van der Waals surface area contributed by atoms with Gasteiger partial charge in [-0.15, -0.1) is 11.3 Å². The lowest BCUT2D eigenvalue weighted by atomic mass is 10.2. The van der Waals surface area contributed by atoms with Gasteiger partial charge < -0.3 is 10.1 Å². The molecule has 0 aliphatic carbocycles. The normalized spacial score (nSPS) is 10.1. The molecule has 0 radical (unpaired) electrons. The lowest BCUT2D eigenvalue weighted by molar-refractivity contribution is -0.384. The maximum Gasteiger partial charge on any atom is 0.350 e. The average Bonchev–Trinajstić information content (AvgIpc) is 2.94. The number of ether oxygens (including phenoxy) is 1. The van der Waals surface area contributed by atoms with E-state index in [1.807, 2.05) is 0 Å². The average molecular weight is 341 g/mol. The summed E-state index contributed by atoms with van der Waals surface area (Å²) in [5.74, 6) is -1.17. The second-order valence-corrected chi connectivity index (χ2v) is 5.36. The van der Waals surface area contributed by atoms with E-state index < -0.39 is 16.8 Å². The smallest absolute Gasteiger partial charge is 0.350 e. The van der Waals surface area contributed by atoms with Crippen LogP contribution in [0.1, 0.15) is 20.0 Å². The van der Waals surface area contributed by atoms with Crippen LogP contribution in [0.2, 0.25) is 5.02 Å². The zero-order valence-corrected chi connectivity index (χ0v) is 12.7. The maximum absolute atomic E-state index is 12.1. The van der Waals surface area contributed by atoms with Crippen molar-refractivity contribution in [2.45, 2.75) is 0 Å². The number of methoxy groups -OCH3 is 1. The van der Waals surface area contributed by atoms with E-state index in [-0.39, 0.29) is 26.8 Å². The van der Waals surface area contributed by atoms with Gasteiger partial charge in [-0.3, -0.25) is 14.9 Å². The Morgan fingerprint density at radius 2 is 2.09 bits per heavy atom. The molecule has 1 aromatic carbocycles. The molecule has 0 bridgehead atoms. The summed E-state index contributed by atoms with van der Waals surface area (Å²) >= 11 is 6.80. The Morgan fingerprint density at radius 3 is 2.73 bits per heavy atom. The van der Waals surface area contributed by atoms with Crippen LogP contribution in [0.4, 0.5) is 11.4 Å². The molecule has 0 saturated carbocycles. The van der Waals surface area contributed by atoms with Crippen LogP contribution >= 0.6 is 22.9 Å². The zero-order valence-electron chi connectivity index (χ0n) is 11.2. The molecule has 0 aliphatic heterocycles. The van der Waals surface area contributed by atoms with Gasteiger partial charge in [0.1, 0.15) is 9.90 Å². The van der Waals surface area contributed by atoms with Gasteiger partial charge in [-0.1, -0.05) is 11.6 Å². The quantitative estimate of drug-likeness (QED) is 0.522. The summed E-state index contributed by atoms with van der Waals surface area (Å²) in [6.07, 6.45) is 0. The van der Waals surface area contributed by atoms with E-state index >= 15 is 0 Å². The number of rotatable bonds is 4. The summed E-state index contributed by atoms with van der Waals surface area (Å²) in [6, 6.07) is 5.24. The van der Waals surface area contributed by atoms with Gasteiger partial charge in [-0.05, 0) is 23.6 Å². The lowest BCUT2D eigenvalue weighted by Crippen LogP contribution is -2.14.